The molecule has 182 valence electrons. The normalized spacial score (nSPS) is 17.8. The molecule has 1 aliphatic rings. The molecular formula is C23H38N2O7. The topological polar surface area (TPSA) is 89.9 Å². The lowest BCUT2D eigenvalue weighted by atomic mass is 10.1. The van der Waals surface area contributed by atoms with Crippen LogP contribution in [0.3, 0.4) is 0 Å². The Morgan fingerprint density at radius 3 is 2.38 bits per heavy atom. The van der Waals surface area contributed by atoms with E-state index in [-0.39, 0.29) is 17.9 Å². The standard InChI is InChI=1S/C23H38N2O7/c1-16(2)11-25(14-19-13-24(7-8-32-19)12-18(26)15-28-3)23(27)17-9-20(29-4)22(31-6)21(10-17)30-5/h9-10,16,18-19,26H,7-8,11-15H2,1-6H3/t18-,19-/m1/s1. The maximum atomic E-state index is 13.5. The molecule has 1 fully saturated rings. The first-order chi connectivity index (χ1) is 15.3. The van der Waals surface area contributed by atoms with E-state index in [0.29, 0.717) is 62.2 Å². The third-order valence-corrected chi connectivity index (χ3v) is 5.26. The lowest BCUT2D eigenvalue weighted by Crippen LogP contribution is -2.51. The van der Waals surface area contributed by atoms with E-state index in [1.165, 1.54) is 21.3 Å². The summed E-state index contributed by atoms with van der Waals surface area (Å²) in [6.07, 6.45) is -0.699. The van der Waals surface area contributed by atoms with Gasteiger partial charge in [0, 0.05) is 45.4 Å². The molecule has 0 radical (unpaired) electrons. The summed E-state index contributed by atoms with van der Waals surface area (Å²) in [5.41, 5.74) is 0.461. The smallest absolute Gasteiger partial charge is 0.254 e. The van der Waals surface area contributed by atoms with Crippen molar-refractivity contribution in [1.82, 2.24) is 9.80 Å². The van der Waals surface area contributed by atoms with Gasteiger partial charge in [-0.1, -0.05) is 13.8 Å². The Hall–Kier alpha value is -2.07. The summed E-state index contributed by atoms with van der Waals surface area (Å²) in [7, 11) is 6.16. The second-order valence-corrected chi connectivity index (χ2v) is 8.38. The number of rotatable bonds is 12. The van der Waals surface area contributed by atoms with Crippen LogP contribution >= 0.6 is 0 Å². The Labute approximate surface area is 191 Å². The van der Waals surface area contributed by atoms with Gasteiger partial charge in [0.1, 0.15) is 0 Å². The molecule has 2 atom stereocenters. The summed E-state index contributed by atoms with van der Waals surface area (Å²) >= 11 is 0. The molecule has 0 aromatic heterocycles. The number of aliphatic hydroxyl groups is 1. The number of β-amino-alcohol motifs (C(OH)–C–C–N with tert-alkyl or cyclic N) is 1. The van der Waals surface area contributed by atoms with Crippen LogP contribution in [0, 0.1) is 5.92 Å². The number of morpholine rings is 1. The van der Waals surface area contributed by atoms with Crippen molar-refractivity contribution in [1.29, 1.82) is 0 Å². The number of carbonyl (C=O) groups is 1. The first kappa shape index (κ1) is 26.2. The van der Waals surface area contributed by atoms with Gasteiger partial charge in [0.15, 0.2) is 11.5 Å². The average molecular weight is 455 g/mol. The number of hydrogen-bond acceptors (Lipinski definition) is 8. The van der Waals surface area contributed by atoms with Gasteiger partial charge in [0.25, 0.3) is 5.91 Å². The van der Waals surface area contributed by atoms with Crippen molar-refractivity contribution in [3.63, 3.8) is 0 Å². The molecular weight excluding hydrogens is 416 g/mol. The molecule has 1 aromatic carbocycles. The summed E-state index contributed by atoms with van der Waals surface area (Å²) in [5, 5.41) is 10.1. The number of methoxy groups -OCH3 is 4. The minimum atomic E-state index is -0.550. The summed E-state index contributed by atoms with van der Waals surface area (Å²) < 4.78 is 27.2. The number of benzene rings is 1. The predicted octanol–water partition coefficient (Wildman–Crippen LogP) is 1.52. The number of ether oxygens (including phenoxy) is 5. The van der Waals surface area contributed by atoms with E-state index in [2.05, 4.69) is 18.7 Å². The maximum absolute atomic E-state index is 13.5. The molecule has 2 rings (SSSR count). The molecule has 0 bridgehead atoms. The van der Waals surface area contributed by atoms with E-state index in [9.17, 15) is 9.90 Å². The Bertz CT molecular complexity index is 703. The van der Waals surface area contributed by atoms with Gasteiger partial charge >= 0.3 is 0 Å². The van der Waals surface area contributed by atoms with Gasteiger partial charge in [-0.05, 0) is 18.1 Å². The van der Waals surface area contributed by atoms with Crippen molar-refractivity contribution in [3.8, 4) is 17.2 Å². The Morgan fingerprint density at radius 2 is 1.84 bits per heavy atom. The van der Waals surface area contributed by atoms with E-state index in [4.69, 9.17) is 23.7 Å². The Balaban J connectivity index is 2.18. The molecule has 1 heterocycles. The third kappa shape index (κ3) is 7.23. The Kier molecular flexibility index (Phi) is 10.5. The number of aliphatic hydroxyl groups excluding tert-OH is 1. The fourth-order valence-electron chi connectivity index (χ4n) is 3.91. The van der Waals surface area contributed by atoms with Gasteiger partial charge in [-0.25, -0.2) is 0 Å². The molecule has 1 N–H and O–H groups in total. The zero-order valence-electron chi connectivity index (χ0n) is 20.1. The van der Waals surface area contributed by atoms with Crippen LogP contribution in [0.4, 0.5) is 0 Å². The van der Waals surface area contributed by atoms with Crippen molar-refractivity contribution in [2.75, 3.05) is 74.4 Å². The number of carbonyl (C=O) groups excluding carboxylic acids is 1. The molecule has 0 aliphatic carbocycles. The summed E-state index contributed by atoms with van der Waals surface area (Å²) in [5.74, 6) is 1.48. The Morgan fingerprint density at radius 1 is 1.19 bits per heavy atom. The molecule has 9 heteroatoms. The van der Waals surface area contributed by atoms with E-state index in [1.54, 1.807) is 19.2 Å². The fraction of sp³-hybridized carbons (Fsp3) is 0.696. The van der Waals surface area contributed by atoms with Crippen LogP contribution in [0.5, 0.6) is 17.2 Å². The maximum Gasteiger partial charge on any atom is 0.254 e. The molecule has 1 aromatic rings. The van der Waals surface area contributed by atoms with Crippen LogP contribution in [0.25, 0.3) is 0 Å². The quantitative estimate of drug-likeness (QED) is 0.509. The van der Waals surface area contributed by atoms with Gasteiger partial charge in [0.2, 0.25) is 5.75 Å². The van der Waals surface area contributed by atoms with Gasteiger partial charge in [-0.3, -0.25) is 9.69 Å². The van der Waals surface area contributed by atoms with Gasteiger partial charge in [0.05, 0.1) is 46.8 Å². The largest absolute Gasteiger partial charge is 0.493 e. The highest BCUT2D eigenvalue weighted by Crippen LogP contribution is 2.38. The van der Waals surface area contributed by atoms with Crippen LogP contribution < -0.4 is 14.2 Å². The fourth-order valence-corrected chi connectivity index (χ4v) is 3.91. The number of nitrogens with zero attached hydrogens (tertiary/aromatic N) is 2. The van der Waals surface area contributed by atoms with Crippen molar-refractivity contribution in [3.05, 3.63) is 17.7 Å². The molecule has 1 amide bonds. The van der Waals surface area contributed by atoms with E-state index < -0.39 is 6.10 Å². The van der Waals surface area contributed by atoms with E-state index in [1.807, 2.05) is 4.90 Å². The van der Waals surface area contributed by atoms with Crippen LogP contribution in [-0.2, 0) is 9.47 Å². The highest BCUT2D eigenvalue weighted by Gasteiger charge is 2.28. The van der Waals surface area contributed by atoms with Gasteiger partial charge < -0.3 is 33.7 Å². The third-order valence-electron chi connectivity index (χ3n) is 5.26. The van der Waals surface area contributed by atoms with Gasteiger partial charge in [-0.2, -0.15) is 0 Å². The molecule has 9 nitrogen and oxygen atoms in total. The van der Waals surface area contributed by atoms with E-state index in [0.717, 1.165) is 6.54 Å². The van der Waals surface area contributed by atoms with Crippen LogP contribution in [0.2, 0.25) is 0 Å². The molecule has 0 spiro atoms. The van der Waals surface area contributed by atoms with E-state index >= 15 is 0 Å². The second-order valence-electron chi connectivity index (χ2n) is 8.38. The first-order valence-corrected chi connectivity index (χ1v) is 10.9. The van der Waals surface area contributed by atoms with Crippen molar-refractivity contribution >= 4 is 5.91 Å². The lowest BCUT2D eigenvalue weighted by molar-refractivity contribution is -0.0569. The SMILES string of the molecule is COC[C@H](O)CN1CCO[C@@H](CN(CC(C)C)C(=O)c2cc(OC)c(OC)c(OC)c2)C1. The average Bonchev–Trinajstić information content (AvgIpc) is 2.77. The predicted molar refractivity (Wildman–Crippen MR) is 121 cm³/mol. The molecule has 0 unspecified atom stereocenters. The zero-order chi connectivity index (χ0) is 23.7. The number of amides is 1. The number of hydrogen-bond donors (Lipinski definition) is 1. The highest BCUT2D eigenvalue weighted by molar-refractivity contribution is 5.95. The van der Waals surface area contributed by atoms with Crippen LogP contribution in [0.1, 0.15) is 24.2 Å². The van der Waals surface area contributed by atoms with Crippen molar-refractivity contribution in [2.24, 2.45) is 5.92 Å². The lowest BCUT2D eigenvalue weighted by Gasteiger charge is -2.37. The van der Waals surface area contributed by atoms with Gasteiger partial charge in [-0.15, -0.1) is 0 Å². The minimum Gasteiger partial charge on any atom is -0.493 e. The molecule has 0 saturated carbocycles. The first-order valence-electron chi connectivity index (χ1n) is 10.9. The molecule has 1 aliphatic heterocycles. The second kappa shape index (κ2) is 12.8. The van der Waals surface area contributed by atoms with Crippen molar-refractivity contribution in [2.45, 2.75) is 26.1 Å². The summed E-state index contributed by atoms with van der Waals surface area (Å²) in [6, 6.07) is 3.35. The molecule has 1 saturated heterocycles. The van der Waals surface area contributed by atoms with Crippen molar-refractivity contribution < 1.29 is 33.6 Å². The minimum absolute atomic E-state index is 0.127. The monoisotopic (exact) mass is 454 g/mol. The highest BCUT2D eigenvalue weighted by atomic mass is 16.5. The van der Waals surface area contributed by atoms with Crippen LogP contribution in [-0.4, -0.2) is 107 Å². The summed E-state index contributed by atoms with van der Waals surface area (Å²) in [4.78, 5) is 17.4. The zero-order valence-corrected chi connectivity index (χ0v) is 20.1. The summed E-state index contributed by atoms with van der Waals surface area (Å²) in [6.45, 7) is 7.92. The molecule has 32 heavy (non-hydrogen) atoms. The van der Waals surface area contributed by atoms with Crippen LogP contribution in [0.15, 0.2) is 12.1 Å².